The third kappa shape index (κ3) is 5.65. The lowest BCUT2D eigenvalue weighted by molar-refractivity contribution is 0.211. The molecule has 0 aliphatic heterocycles. The molecule has 2 heteroatoms. The molecule has 1 unspecified atom stereocenters. The summed E-state index contributed by atoms with van der Waals surface area (Å²) in [4.78, 5) is 0. The predicted molar refractivity (Wildman–Crippen MR) is 82.9 cm³/mol. The van der Waals surface area contributed by atoms with Crippen LogP contribution in [0.5, 0.6) is 5.75 Å². The highest BCUT2D eigenvalue weighted by Gasteiger charge is 2.19. The minimum atomic E-state index is 0.113. The second-order valence-electron chi connectivity index (χ2n) is 6.73. The fraction of sp³-hybridized carbons (Fsp3) is 0.647. The third-order valence-corrected chi connectivity index (χ3v) is 3.01. The zero-order valence-electron chi connectivity index (χ0n) is 13.3. The smallest absolute Gasteiger partial charge is 0.123 e. The van der Waals surface area contributed by atoms with Gasteiger partial charge in [-0.25, -0.2) is 0 Å². The Kier molecular flexibility index (Phi) is 5.86. The van der Waals surface area contributed by atoms with Gasteiger partial charge in [0.1, 0.15) is 11.9 Å². The number of nitrogens with one attached hydrogen (secondary N) is 1. The van der Waals surface area contributed by atoms with E-state index < -0.39 is 0 Å². The van der Waals surface area contributed by atoms with Gasteiger partial charge in [0.15, 0.2) is 0 Å². The van der Waals surface area contributed by atoms with Crippen LogP contribution in [0.15, 0.2) is 24.3 Å². The summed E-state index contributed by atoms with van der Waals surface area (Å²) in [5, 5.41) is 3.44. The molecule has 0 aliphatic carbocycles. The highest BCUT2D eigenvalue weighted by Crippen LogP contribution is 2.31. The number of ether oxygens (including phenoxy) is 1. The predicted octanol–water partition coefficient (Wildman–Crippen LogP) is 4.00. The molecule has 1 rings (SSSR count). The zero-order chi connectivity index (χ0) is 14.5. The summed E-state index contributed by atoms with van der Waals surface area (Å²) in [6.45, 7) is 15.1. The van der Waals surface area contributed by atoms with Gasteiger partial charge in [-0.1, -0.05) is 52.8 Å². The van der Waals surface area contributed by atoms with Crippen molar-refractivity contribution < 1.29 is 4.74 Å². The van der Waals surface area contributed by atoms with Gasteiger partial charge in [-0.2, -0.15) is 0 Å². The lowest BCUT2D eigenvalue weighted by atomic mass is 9.86. The molecule has 0 radical (unpaired) electrons. The second-order valence-corrected chi connectivity index (χ2v) is 6.73. The normalized spacial score (nSPS) is 13.6. The number of benzene rings is 1. The van der Waals surface area contributed by atoms with Gasteiger partial charge in [-0.3, -0.25) is 0 Å². The topological polar surface area (TPSA) is 21.3 Å². The highest BCUT2D eigenvalue weighted by molar-refractivity contribution is 5.38. The molecule has 0 heterocycles. The molecule has 0 saturated heterocycles. The monoisotopic (exact) mass is 263 g/mol. The van der Waals surface area contributed by atoms with Crippen molar-refractivity contribution in [3.63, 3.8) is 0 Å². The van der Waals surface area contributed by atoms with E-state index in [1.54, 1.807) is 0 Å². The summed E-state index contributed by atoms with van der Waals surface area (Å²) in [6, 6.07) is 8.34. The summed E-state index contributed by atoms with van der Waals surface area (Å²) in [7, 11) is 0. The maximum absolute atomic E-state index is 6.09. The van der Waals surface area contributed by atoms with Crippen molar-refractivity contribution in [2.75, 3.05) is 13.1 Å². The number of hydrogen-bond acceptors (Lipinski definition) is 2. The largest absolute Gasteiger partial charge is 0.489 e. The molecule has 1 aromatic carbocycles. The van der Waals surface area contributed by atoms with Gasteiger partial charge in [-0.05, 0) is 36.4 Å². The lowest BCUT2D eigenvalue weighted by Gasteiger charge is -2.25. The number of rotatable bonds is 6. The van der Waals surface area contributed by atoms with E-state index in [9.17, 15) is 0 Å². The van der Waals surface area contributed by atoms with Crippen molar-refractivity contribution >= 4 is 0 Å². The van der Waals surface area contributed by atoms with Crippen molar-refractivity contribution in [2.24, 2.45) is 5.92 Å². The molecule has 0 aliphatic rings. The van der Waals surface area contributed by atoms with E-state index in [4.69, 9.17) is 4.74 Å². The van der Waals surface area contributed by atoms with Crippen LogP contribution in [0.2, 0.25) is 0 Å². The average molecular weight is 263 g/mol. The van der Waals surface area contributed by atoms with E-state index in [1.807, 2.05) is 6.07 Å². The van der Waals surface area contributed by atoms with Crippen LogP contribution in [0.25, 0.3) is 0 Å². The standard InChI is InChI=1S/C17H29NO/c1-13(2)11-18-12-14(3)19-16-10-8-7-9-15(16)17(4,5)6/h7-10,13-14,18H,11-12H2,1-6H3. The first-order valence-electron chi connectivity index (χ1n) is 7.27. The Hall–Kier alpha value is -1.02. The Balaban J connectivity index is 2.62. The lowest BCUT2D eigenvalue weighted by Crippen LogP contribution is -2.31. The molecule has 0 aromatic heterocycles. The zero-order valence-corrected chi connectivity index (χ0v) is 13.3. The second kappa shape index (κ2) is 6.95. The molecular formula is C17H29NO. The first-order chi connectivity index (χ1) is 8.80. The van der Waals surface area contributed by atoms with Gasteiger partial charge in [0.2, 0.25) is 0 Å². The van der Waals surface area contributed by atoms with E-state index in [1.165, 1.54) is 5.56 Å². The van der Waals surface area contributed by atoms with Crippen LogP contribution in [0, 0.1) is 5.92 Å². The highest BCUT2D eigenvalue weighted by atomic mass is 16.5. The molecule has 0 amide bonds. The maximum Gasteiger partial charge on any atom is 0.123 e. The molecule has 0 spiro atoms. The third-order valence-electron chi connectivity index (χ3n) is 3.01. The molecule has 2 nitrogen and oxygen atoms in total. The molecule has 1 aromatic rings. The van der Waals surface area contributed by atoms with Gasteiger partial charge in [0.05, 0.1) is 0 Å². The van der Waals surface area contributed by atoms with Crippen LogP contribution in [0.1, 0.15) is 47.1 Å². The molecular weight excluding hydrogens is 234 g/mol. The Morgan fingerprint density at radius 3 is 2.26 bits per heavy atom. The fourth-order valence-corrected chi connectivity index (χ4v) is 2.02. The Morgan fingerprint density at radius 2 is 1.68 bits per heavy atom. The summed E-state index contributed by atoms with van der Waals surface area (Å²) in [6.07, 6.45) is 0.183. The van der Waals surface area contributed by atoms with E-state index in [-0.39, 0.29) is 11.5 Å². The number of para-hydroxylation sites is 1. The van der Waals surface area contributed by atoms with Crippen molar-refractivity contribution in [3.05, 3.63) is 29.8 Å². The first-order valence-corrected chi connectivity index (χ1v) is 7.27. The van der Waals surface area contributed by atoms with Crippen LogP contribution >= 0.6 is 0 Å². The van der Waals surface area contributed by atoms with Gasteiger partial charge in [-0.15, -0.1) is 0 Å². The summed E-state index contributed by atoms with van der Waals surface area (Å²) >= 11 is 0. The van der Waals surface area contributed by atoms with Crippen LogP contribution in [0.3, 0.4) is 0 Å². The van der Waals surface area contributed by atoms with E-state index in [2.05, 4.69) is 65.1 Å². The Morgan fingerprint density at radius 1 is 1.05 bits per heavy atom. The van der Waals surface area contributed by atoms with Crippen molar-refractivity contribution in [1.29, 1.82) is 0 Å². The van der Waals surface area contributed by atoms with E-state index >= 15 is 0 Å². The first kappa shape index (κ1) is 16.0. The van der Waals surface area contributed by atoms with Crippen molar-refractivity contribution in [2.45, 2.75) is 53.1 Å². The SMILES string of the molecule is CC(C)CNCC(C)Oc1ccccc1C(C)(C)C. The molecule has 0 saturated carbocycles. The minimum Gasteiger partial charge on any atom is -0.489 e. The van der Waals surface area contributed by atoms with Crippen molar-refractivity contribution in [3.8, 4) is 5.75 Å². The fourth-order valence-electron chi connectivity index (χ4n) is 2.02. The van der Waals surface area contributed by atoms with Crippen LogP contribution in [-0.2, 0) is 5.41 Å². The molecule has 108 valence electrons. The summed E-state index contributed by atoms with van der Waals surface area (Å²) in [5.74, 6) is 1.68. The Bertz CT molecular complexity index is 379. The minimum absolute atomic E-state index is 0.113. The van der Waals surface area contributed by atoms with E-state index in [0.717, 1.165) is 18.8 Å². The maximum atomic E-state index is 6.09. The quantitative estimate of drug-likeness (QED) is 0.837. The van der Waals surface area contributed by atoms with Crippen molar-refractivity contribution in [1.82, 2.24) is 5.32 Å². The summed E-state index contributed by atoms with van der Waals surface area (Å²) in [5.41, 5.74) is 1.38. The van der Waals surface area contributed by atoms with E-state index in [0.29, 0.717) is 5.92 Å². The van der Waals surface area contributed by atoms with Gasteiger partial charge >= 0.3 is 0 Å². The molecule has 19 heavy (non-hydrogen) atoms. The average Bonchev–Trinajstić information content (AvgIpc) is 2.27. The van der Waals surface area contributed by atoms with Gasteiger partial charge < -0.3 is 10.1 Å². The molecule has 1 N–H and O–H groups in total. The van der Waals surface area contributed by atoms with Crippen LogP contribution in [-0.4, -0.2) is 19.2 Å². The molecule has 0 bridgehead atoms. The molecule has 1 atom stereocenters. The molecule has 0 fully saturated rings. The van der Waals surface area contributed by atoms with Crippen LogP contribution < -0.4 is 10.1 Å². The van der Waals surface area contributed by atoms with Gasteiger partial charge in [0, 0.05) is 6.54 Å². The summed E-state index contributed by atoms with van der Waals surface area (Å²) < 4.78 is 6.09. The Labute approximate surface area is 118 Å². The number of hydrogen-bond donors (Lipinski definition) is 1. The van der Waals surface area contributed by atoms with Crippen LogP contribution in [0.4, 0.5) is 0 Å². The van der Waals surface area contributed by atoms with Gasteiger partial charge in [0.25, 0.3) is 0 Å².